The molecule has 0 aromatic carbocycles. The lowest BCUT2D eigenvalue weighted by Gasteiger charge is -1.86. The summed E-state index contributed by atoms with van der Waals surface area (Å²) >= 11 is 0. The maximum atomic E-state index is 3.99. The molecule has 0 aliphatic carbocycles. The Hall–Kier alpha value is -1.33. The first-order valence-corrected chi connectivity index (χ1v) is 4.89. The lowest BCUT2D eigenvalue weighted by Crippen LogP contribution is -2.09. The van der Waals surface area contributed by atoms with Crippen LogP contribution in [0.15, 0.2) is 24.4 Å². The maximum Gasteiger partial charge on any atom is 0.113 e. The van der Waals surface area contributed by atoms with Crippen LogP contribution in [-0.4, -0.2) is 18.1 Å². The molecule has 0 aliphatic rings. The van der Waals surface area contributed by atoms with E-state index in [1.165, 1.54) is 0 Å². The zero-order valence-electron chi connectivity index (χ0n) is 9.17. The second kappa shape index (κ2) is 9.76. The monoisotopic (exact) mass is 190 g/mol. The number of hydrogen-bond acceptors (Lipinski definition) is 2. The highest BCUT2D eigenvalue weighted by atomic mass is 14.8. The summed E-state index contributed by atoms with van der Waals surface area (Å²) in [6.07, 6.45) is 1.74. The molecule has 0 amide bonds. The van der Waals surface area contributed by atoms with Crippen molar-refractivity contribution in [2.24, 2.45) is 0 Å². The molecule has 1 rings (SSSR count). The summed E-state index contributed by atoms with van der Waals surface area (Å²) in [6, 6.07) is 5.68. The van der Waals surface area contributed by atoms with Gasteiger partial charge in [0.05, 0.1) is 0 Å². The zero-order chi connectivity index (χ0) is 10.6. The first kappa shape index (κ1) is 12.7. The molecule has 76 valence electrons. The van der Waals surface area contributed by atoms with Gasteiger partial charge in [0, 0.05) is 6.20 Å². The Balaban J connectivity index is 0.000000292. The van der Waals surface area contributed by atoms with Crippen LogP contribution in [0.3, 0.4) is 0 Å². The van der Waals surface area contributed by atoms with Crippen molar-refractivity contribution in [3.63, 3.8) is 0 Å². The highest BCUT2D eigenvalue weighted by Gasteiger charge is 1.79. The van der Waals surface area contributed by atoms with Gasteiger partial charge in [-0.25, -0.2) is 4.98 Å². The van der Waals surface area contributed by atoms with E-state index in [-0.39, 0.29) is 0 Å². The molecule has 0 spiro atoms. The molecular weight excluding hydrogens is 172 g/mol. The Bertz CT molecular complexity index is 267. The standard InChI is InChI=1S/C8H7N.C4H11N/c1-2-5-8-6-3-4-7-9-8;1-3-5-4-2/h3-4,6-7H,1H3;5H,3-4H2,1-2H3. The van der Waals surface area contributed by atoms with Crippen molar-refractivity contribution in [2.45, 2.75) is 20.8 Å². The van der Waals surface area contributed by atoms with Gasteiger partial charge in [0.15, 0.2) is 0 Å². The molecule has 0 aliphatic heterocycles. The normalized spacial score (nSPS) is 7.93. The summed E-state index contributed by atoms with van der Waals surface area (Å²) in [6.45, 7) is 8.19. The lowest BCUT2D eigenvalue weighted by molar-refractivity contribution is 0.762. The Morgan fingerprint density at radius 3 is 2.36 bits per heavy atom. The van der Waals surface area contributed by atoms with Gasteiger partial charge in [0.25, 0.3) is 0 Å². The van der Waals surface area contributed by atoms with Gasteiger partial charge in [-0.1, -0.05) is 25.8 Å². The highest BCUT2D eigenvalue weighted by molar-refractivity contribution is 5.25. The van der Waals surface area contributed by atoms with Crippen LogP contribution in [0.25, 0.3) is 0 Å². The minimum atomic E-state index is 0.833. The van der Waals surface area contributed by atoms with Gasteiger partial charge < -0.3 is 5.32 Å². The molecule has 0 bridgehead atoms. The van der Waals surface area contributed by atoms with E-state index < -0.39 is 0 Å². The van der Waals surface area contributed by atoms with Crippen molar-refractivity contribution in [1.82, 2.24) is 10.3 Å². The second-order valence-electron chi connectivity index (χ2n) is 2.55. The summed E-state index contributed by atoms with van der Waals surface area (Å²) in [5, 5.41) is 3.11. The Kier molecular flexibility index (Phi) is 8.83. The minimum Gasteiger partial charge on any atom is -0.317 e. The van der Waals surface area contributed by atoms with Gasteiger partial charge >= 0.3 is 0 Å². The first-order valence-electron chi connectivity index (χ1n) is 4.89. The number of rotatable bonds is 2. The van der Waals surface area contributed by atoms with E-state index in [0.717, 1.165) is 18.8 Å². The van der Waals surface area contributed by atoms with Crippen LogP contribution in [0.5, 0.6) is 0 Å². The van der Waals surface area contributed by atoms with E-state index in [2.05, 4.69) is 36.0 Å². The third kappa shape index (κ3) is 7.33. The third-order valence-electron chi connectivity index (χ3n) is 1.42. The topological polar surface area (TPSA) is 24.9 Å². The maximum absolute atomic E-state index is 3.99. The second-order valence-corrected chi connectivity index (χ2v) is 2.55. The van der Waals surface area contributed by atoms with Crippen LogP contribution in [0, 0.1) is 11.8 Å². The highest BCUT2D eigenvalue weighted by Crippen LogP contribution is 1.87. The SMILES string of the molecule is CC#Cc1ccccn1.CCNCC. The lowest BCUT2D eigenvalue weighted by atomic mass is 10.3. The summed E-state index contributed by atoms with van der Waals surface area (Å²) in [5.41, 5.74) is 0.833. The number of hydrogen-bond donors (Lipinski definition) is 1. The van der Waals surface area contributed by atoms with Gasteiger partial charge in [-0.3, -0.25) is 0 Å². The average molecular weight is 190 g/mol. The molecule has 0 atom stereocenters. The molecule has 14 heavy (non-hydrogen) atoms. The van der Waals surface area contributed by atoms with E-state index in [0.29, 0.717) is 0 Å². The smallest absolute Gasteiger partial charge is 0.113 e. The average Bonchev–Trinajstić information content (AvgIpc) is 2.22. The van der Waals surface area contributed by atoms with Gasteiger partial charge in [-0.05, 0) is 38.1 Å². The third-order valence-corrected chi connectivity index (χ3v) is 1.42. The van der Waals surface area contributed by atoms with Crippen molar-refractivity contribution in [3.8, 4) is 11.8 Å². The summed E-state index contributed by atoms with van der Waals surface area (Å²) < 4.78 is 0. The van der Waals surface area contributed by atoms with E-state index in [9.17, 15) is 0 Å². The summed E-state index contributed by atoms with van der Waals surface area (Å²) in [5.74, 6) is 5.62. The molecule has 0 unspecified atom stereocenters. The largest absolute Gasteiger partial charge is 0.317 e. The van der Waals surface area contributed by atoms with Crippen molar-refractivity contribution >= 4 is 0 Å². The molecular formula is C12H18N2. The van der Waals surface area contributed by atoms with Gasteiger partial charge in [0.2, 0.25) is 0 Å². The molecule has 1 aromatic rings. The number of nitrogens with zero attached hydrogens (tertiary/aromatic N) is 1. The Labute approximate surface area is 86.8 Å². The fraction of sp³-hybridized carbons (Fsp3) is 0.417. The van der Waals surface area contributed by atoms with E-state index in [1.807, 2.05) is 18.2 Å². The van der Waals surface area contributed by atoms with Crippen LogP contribution in [0.1, 0.15) is 26.5 Å². The van der Waals surface area contributed by atoms with Crippen LogP contribution in [0.2, 0.25) is 0 Å². The fourth-order valence-corrected chi connectivity index (χ4v) is 0.815. The van der Waals surface area contributed by atoms with Gasteiger partial charge in [-0.15, -0.1) is 0 Å². The van der Waals surface area contributed by atoms with Crippen molar-refractivity contribution in [3.05, 3.63) is 30.1 Å². The van der Waals surface area contributed by atoms with Gasteiger partial charge in [0.1, 0.15) is 5.69 Å². The van der Waals surface area contributed by atoms with Crippen LogP contribution in [0.4, 0.5) is 0 Å². The van der Waals surface area contributed by atoms with Crippen molar-refractivity contribution in [1.29, 1.82) is 0 Å². The summed E-state index contributed by atoms with van der Waals surface area (Å²) in [4.78, 5) is 3.99. The van der Waals surface area contributed by atoms with E-state index in [1.54, 1.807) is 13.1 Å². The molecule has 2 nitrogen and oxygen atoms in total. The molecule has 0 saturated heterocycles. The minimum absolute atomic E-state index is 0.833. The molecule has 1 aromatic heterocycles. The molecule has 0 fully saturated rings. The predicted molar refractivity (Wildman–Crippen MR) is 61.0 cm³/mol. The molecule has 0 saturated carbocycles. The van der Waals surface area contributed by atoms with Crippen LogP contribution in [-0.2, 0) is 0 Å². The van der Waals surface area contributed by atoms with Crippen molar-refractivity contribution < 1.29 is 0 Å². The number of pyridine rings is 1. The molecule has 0 radical (unpaired) electrons. The summed E-state index contributed by atoms with van der Waals surface area (Å²) in [7, 11) is 0. The molecule has 1 N–H and O–H groups in total. The van der Waals surface area contributed by atoms with E-state index >= 15 is 0 Å². The van der Waals surface area contributed by atoms with Crippen molar-refractivity contribution in [2.75, 3.05) is 13.1 Å². The van der Waals surface area contributed by atoms with E-state index in [4.69, 9.17) is 0 Å². The molecule has 1 heterocycles. The first-order chi connectivity index (χ1) is 6.85. The Morgan fingerprint density at radius 2 is 2.00 bits per heavy atom. The zero-order valence-corrected chi connectivity index (χ0v) is 9.17. The van der Waals surface area contributed by atoms with Crippen LogP contribution < -0.4 is 5.32 Å². The number of aromatic nitrogens is 1. The number of nitrogens with one attached hydrogen (secondary N) is 1. The Morgan fingerprint density at radius 1 is 1.29 bits per heavy atom. The molecule has 2 heteroatoms. The predicted octanol–water partition coefficient (Wildman–Crippen LogP) is 2.07. The quantitative estimate of drug-likeness (QED) is 0.722. The van der Waals surface area contributed by atoms with Crippen LogP contribution >= 0.6 is 0 Å². The fourth-order valence-electron chi connectivity index (χ4n) is 0.815. The van der Waals surface area contributed by atoms with Gasteiger partial charge in [-0.2, -0.15) is 0 Å².